The Labute approximate surface area is 123 Å². The molecule has 2 aromatic carbocycles. The van der Waals surface area contributed by atoms with Crippen molar-refractivity contribution in [2.24, 2.45) is 0 Å². The van der Waals surface area contributed by atoms with E-state index >= 15 is 0 Å². The Hall–Kier alpha value is -2.67. The van der Waals surface area contributed by atoms with Gasteiger partial charge in [-0.3, -0.25) is 4.79 Å². The lowest BCUT2D eigenvalue weighted by molar-refractivity contribution is -0.116. The molecule has 1 amide bonds. The van der Waals surface area contributed by atoms with Gasteiger partial charge in [0.05, 0.1) is 17.3 Å². The standard InChI is InChI=1S/C17H15FN2O/c1-12-2-4-13(5-3-12)7-9-17(21)20-16-8-6-14(11-19)10-15(16)18/h2-6,8,10H,7,9H2,1H3,(H,20,21). The Balaban J connectivity index is 1.93. The summed E-state index contributed by atoms with van der Waals surface area (Å²) in [5.41, 5.74) is 2.56. The van der Waals surface area contributed by atoms with Crippen LogP contribution in [0.1, 0.15) is 23.1 Å². The van der Waals surface area contributed by atoms with Crippen LogP contribution in [-0.2, 0) is 11.2 Å². The number of nitriles is 1. The lowest BCUT2D eigenvalue weighted by Crippen LogP contribution is -2.13. The summed E-state index contributed by atoms with van der Waals surface area (Å²) < 4.78 is 13.6. The first-order valence-electron chi connectivity index (χ1n) is 6.63. The van der Waals surface area contributed by atoms with Gasteiger partial charge in [0.25, 0.3) is 0 Å². The highest BCUT2D eigenvalue weighted by Crippen LogP contribution is 2.16. The summed E-state index contributed by atoms with van der Waals surface area (Å²) in [6, 6.07) is 13.8. The van der Waals surface area contributed by atoms with Crippen molar-refractivity contribution in [3.05, 3.63) is 65.0 Å². The van der Waals surface area contributed by atoms with Gasteiger partial charge in [-0.1, -0.05) is 29.8 Å². The zero-order chi connectivity index (χ0) is 15.2. The average molecular weight is 282 g/mol. The molecule has 0 saturated carbocycles. The zero-order valence-corrected chi connectivity index (χ0v) is 11.7. The fraction of sp³-hybridized carbons (Fsp3) is 0.176. The number of hydrogen-bond acceptors (Lipinski definition) is 2. The van der Waals surface area contributed by atoms with Crippen molar-refractivity contribution in [2.45, 2.75) is 19.8 Å². The minimum atomic E-state index is -0.599. The van der Waals surface area contributed by atoms with E-state index in [0.717, 1.165) is 11.6 Å². The molecule has 0 spiro atoms. The molecule has 0 unspecified atom stereocenters. The quantitative estimate of drug-likeness (QED) is 0.932. The molecule has 2 aromatic rings. The smallest absolute Gasteiger partial charge is 0.224 e. The highest BCUT2D eigenvalue weighted by Gasteiger charge is 2.08. The maximum absolute atomic E-state index is 13.6. The molecule has 0 atom stereocenters. The van der Waals surface area contributed by atoms with Crippen LogP contribution < -0.4 is 5.32 Å². The SMILES string of the molecule is Cc1ccc(CCC(=O)Nc2ccc(C#N)cc2F)cc1. The molecule has 3 nitrogen and oxygen atoms in total. The Bertz CT molecular complexity index is 687. The summed E-state index contributed by atoms with van der Waals surface area (Å²) in [5.74, 6) is -0.850. The number of carbonyl (C=O) groups is 1. The number of rotatable bonds is 4. The predicted molar refractivity (Wildman–Crippen MR) is 79.2 cm³/mol. The number of hydrogen-bond donors (Lipinski definition) is 1. The van der Waals surface area contributed by atoms with Crippen molar-refractivity contribution in [3.63, 3.8) is 0 Å². The third kappa shape index (κ3) is 4.15. The van der Waals surface area contributed by atoms with Crippen LogP contribution in [0, 0.1) is 24.1 Å². The van der Waals surface area contributed by atoms with E-state index in [9.17, 15) is 9.18 Å². The lowest BCUT2D eigenvalue weighted by atomic mass is 10.1. The topological polar surface area (TPSA) is 52.9 Å². The number of halogens is 1. The minimum Gasteiger partial charge on any atom is -0.324 e. The Morgan fingerprint density at radius 1 is 1.24 bits per heavy atom. The van der Waals surface area contributed by atoms with Crippen LogP contribution in [0.5, 0.6) is 0 Å². The molecule has 0 aliphatic rings. The van der Waals surface area contributed by atoms with Crippen molar-refractivity contribution >= 4 is 11.6 Å². The molecule has 0 fully saturated rings. The van der Waals surface area contributed by atoms with Gasteiger partial charge in [-0.15, -0.1) is 0 Å². The second-order valence-electron chi connectivity index (χ2n) is 4.84. The Kier molecular flexibility index (Phi) is 4.68. The highest BCUT2D eigenvalue weighted by molar-refractivity contribution is 5.91. The molecular formula is C17H15FN2O. The summed E-state index contributed by atoms with van der Waals surface area (Å²) in [7, 11) is 0. The van der Waals surface area contributed by atoms with Gasteiger partial charge in [-0.25, -0.2) is 4.39 Å². The van der Waals surface area contributed by atoms with E-state index in [-0.39, 0.29) is 23.6 Å². The van der Waals surface area contributed by atoms with Gasteiger partial charge in [0.1, 0.15) is 5.82 Å². The first-order valence-corrected chi connectivity index (χ1v) is 6.63. The number of nitrogens with one attached hydrogen (secondary N) is 1. The molecule has 4 heteroatoms. The van der Waals surface area contributed by atoms with Crippen LogP contribution in [0.2, 0.25) is 0 Å². The van der Waals surface area contributed by atoms with Gasteiger partial charge in [0, 0.05) is 6.42 Å². The number of amides is 1. The second kappa shape index (κ2) is 6.67. The maximum atomic E-state index is 13.6. The largest absolute Gasteiger partial charge is 0.324 e. The number of anilines is 1. The zero-order valence-electron chi connectivity index (χ0n) is 11.7. The van der Waals surface area contributed by atoms with Gasteiger partial charge >= 0.3 is 0 Å². The van der Waals surface area contributed by atoms with Gasteiger partial charge in [0.15, 0.2) is 0 Å². The fourth-order valence-electron chi connectivity index (χ4n) is 1.91. The van der Waals surface area contributed by atoms with Crippen LogP contribution in [0.4, 0.5) is 10.1 Å². The molecular weight excluding hydrogens is 267 g/mol. The third-order valence-electron chi connectivity index (χ3n) is 3.13. The van der Waals surface area contributed by atoms with Crippen LogP contribution in [0.15, 0.2) is 42.5 Å². The summed E-state index contributed by atoms with van der Waals surface area (Å²) >= 11 is 0. The first kappa shape index (κ1) is 14.7. The van der Waals surface area contributed by atoms with Crippen LogP contribution >= 0.6 is 0 Å². The van der Waals surface area contributed by atoms with E-state index in [1.807, 2.05) is 37.3 Å². The fourth-order valence-corrected chi connectivity index (χ4v) is 1.91. The van der Waals surface area contributed by atoms with E-state index in [4.69, 9.17) is 5.26 Å². The molecule has 0 saturated heterocycles. The third-order valence-corrected chi connectivity index (χ3v) is 3.13. The summed E-state index contributed by atoms with van der Waals surface area (Å²) in [4.78, 5) is 11.8. The second-order valence-corrected chi connectivity index (χ2v) is 4.84. The molecule has 0 aliphatic heterocycles. The Morgan fingerprint density at radius 2 is 1.95 bits per heavy atom. The summed E-state index contributed by atoms with van der Waals surface area (Å²) in [6.07, 6.45) is 0.881. The van der Waals surface area contributed by atoms with Crippen molar-refractivity contribution < 1.29 is 9.18 Å². The van der Waals surface area contributed by atoms with Crippen molar-refractivity contribution in [1.82, 2.24) is 0 Å². The summed E-state index contributed by atoms with van der Waals surface area (Å²) in [6.45, 7) is 2.00. The first-order chi connectivity index (χ1) is 10.1. The molecule has 2 rings (SSSR count). The Morgan fingerprint density at radius 3 is 2.57 bits per heavy atom. The van der Waals surface area contributed by atoms with Gasteiger partial charge in [-0.05, 0) is 37.1 Å². The molecule has 106 valence electrons. The minimum absolute atomic E-state index is 0.0999. The molecule has 1 N–H and O–H groups in total. The summed E-state index contributed by atoms with van der Waals surface area (Å²) in [5, 5.41) is 11.2. The van der Waals surface area contributed by atoms with Crippen molar-refractivity contribution in [2.75, 3.05) is 5.32 Å². The average Bonchev–Trinajstić information content (AvgIpc) is 2.48. The highest BCUT2D eigenvalue weighted by atomic mass is 19.1. The molecule has 0 aliphatic carbocycles. The van der Waals surface area contributed by atoms with E-state index in [0.29, 0.717) is 6.42 Å². The van der Waals surface area contributed by atoms with Crippen molar-refractivity contribution in [1.29, 1.82) is 5.26 Å². The molecule has 0 heterocycles. The van der Waals surface area contributed by atoms with Crippen LogP contribution in [-0.4, -0.2) is 5.91 Å². The monoisotopic (exact) mass is 282 g/mol. The van der Waals surface area contributed by atoms with Gasteiger partial charge in [-0.2, -0.15) is 5.26 Å². The molecule has 0 aromatic heterocycles. The van der Waals surface area contributed by atoms with Crippen molar-refractivity contribution in [3.8, 4) is 6.07 Å². The predicted octanol–water partition coefficient (Wildman–Crippen LogP) is 3.58. The van der Waals surface area contributed by atoms with E-state index < -0.39 is 5.82 Å². The van der Waals surface area contributed by atoms with Gasteiger partial charge < -0.3 is 5.32 Å². The van der Waals surface area contributed by atoms with E-state index in [1.165, 1.54) is 17.7 Å². The lowest BCUT2D eigenvalue weighted by Gasteiger charge is -2.07. The maximum Gasteiger partial charge on any atom is 0.224 e. The normalized spacial score (nSPS) is 9.95. The number of nitrogens with zero attached hydrogens (tertiary/aromatic N) is 1. The van der Waals surface area contributed by atoms with Crippen LogP contribution in [0.25, 0.3) is 0 Å². The molecule has 0 radical (unpaired) electrons. The molecule has 21 heavy (non-hydrogen) atoms. The number of carbonyl (C=O) groups excluding carboxylic acids is 1. The number of benzene rings is 2. The van der Waals surface area contributed by atoms with Crippen LogP contribution in [0.3, 0.4) is 0 Å². The van der Waals surface area contributed by atoms with E-state index in [1.54, 1.807) is 0 Å². The van der Waals surface area contributed by atoms with Gasteiger partial charge in [0.2, 0.25) is 5.91 Å². The molecule has 0 bridgehead atoms. The number of aryl methyl sites for hydroxylation is 2. The van der Waals surface area contributed by atoms with E-state index in [2.05, 4.69) is 5.32 Å².